The molecule has 0 bridgehead atoms. The van der Waals surface area contributed by atoms with Crippen LogP contribution in [0, 0.1) is 18.8 Å². The van der Waals surface area contributed by atoms with Gasteiger partial charge in [-0.1, -0.05) is 52.3 Å². The quantitative estimate of drug-likeness (QED) is 0.279. The van der Waals surface area contributed by atoms with E-state index in [0.29, 0.717) is 11.5 Å². The molecular formula is C26H40O4. The molecule has 0 heterocycles. The van der Waals surface area contributed by atoms with Crippen LogP contribution in [-0.2, 0) is 4.79 Å². The van der Waals surface area contributed by atoms with Crippen LogP contribution in [0.25, 0.3) is 0 Å². The Kier molecular flexibility index (Phi) is 12.3. The van der Waals surface area contributed by atoms with Crippen LogP contribution in [0.3, 0.4) is 0 Å². The SMILES string of the molecule is CC.CC.Cc1ccc(OCOc2ccc(OC(=O)C3CCC(C)CC3)cc2)cc1.[HH]. The summed E-state index contributed by atoms with van der Waals surface area (Å²) in [6, 6.07) is 14.9. The highest BCUT2D eigenvalue weighted by atomic mass is 16.7. The number of ether oxygens (including phenoxy) is 3. The molecule has 2 aromatic carbocycles. The van der Waals surface area contributed by atoms with E-state index in [2.05, 4.69) is 6.92 Å². The molecule has 3 rings (SSSR count). The van der Waals surface area contributed by atoms with Crippen molar-refractivity contribution < 1.29 is 20.4 Å². The summed E-state index contributed by atoms with van der Waals surface area (Å²) < 4.78 is 16.6. The monoisotopic (exact) mass is 416 g/mol. The van der Waals surface area contributed by atoms with Crippen molar-refractivity contribution in [2.24, 2.45) is 11.8 Å². The van der Waals surface area contributed by atoms with Crippen LogP contribution in [0.5, 0.6) is 17.2 Å². The molecule has 1 aliphatic rings. The molecule has 4 nitrogen and oxygen atoms in total. The van der Waals surface area contributed by atoms with E-state index in [0.717, 1.165) is 37.4 Å². The van der Waals surface area contributed by atoms with Gasteiger partial charge < -0.3 is 14.2 Å². The molecule has 168 valence electrons. The Morgan fingerprint density at radius 2 is 1.23 bits per heavy atom. The molecule has 0 aliphatic heterocycles. The largest absolute Gasteiger partial charge is 0.458 e. The van der Waals surface area contributed by atoms with E-state index in [1.165, 1.54) is 5.56 Å². The normalized spacial score (nSPS) is 17.4. The molecule has 0 amide bonds. The third kappa shape index (κ3) is 8.89. The van der Waals surface area contributed by atoms with E-state index in [-0.39, 0.29) is 20.1 Å². The fourth-order valence-electron chi connectivity index (χ4n) is 3.10. The minimum absolute atomic E-state index is 0. The Hall–Kier alpha value is -2.49. The van der Waals surface area contributed by atoms with Crippen LogP contribution in [0.1, 0.15) is 67.3 Å². The van der Waals surface area contributed by atoms with E-state index in [4.69, 9.17) is 14.2 Å². The van der Waals surface area contributed by atoms with Crippen molar-refractivity contribution >= 4 is 5.97 Å². The number of carbonyl (C=O) groups excluding carboxylic acids is 1. The molecule has 1 aliphatic carbocycles. The van der Waals surface area contributed by atoms with Gasteiger partial charge in [0.15, 0.2) is 0 Å². The molecule has 4 heteroatoms. The highest BCUT2D eigenvalue weighted by molar-refractivity contribution is 5.75. The molecule has 2 aromatic rings. The molecule has 1 fully saturated rings. The molecule has 0 atom stereocenters. The van der Waals surface area contributed by atoms with Gasteiger partial charge in [0.1, 0.15) is 17.2 Å². The van der Waals surface area contributed by atoms with Gasteiger partial charge in [-0.2, -0.15) is 0 Å². The van der Waals surface area contributed by atoms with Gasteiger partial charge in [-0.05, 0) is 74.9 Å². The summed E-state index contributed by atoms with van der Waals surface area (Å²) in [4.78, 5) is 12.2. The smallest absolute Gasteiger partial charge is 0.314 e. The number of hydrogen-bond acceptors (Lipinski definition) is 4. The van der Waals surface area contributed by atoms with Crippen molar-refractivity contribution in [1.29, 1.82) is 0 Å². The minimum Gasteiger partial charge on any atom is -0.458 e. The lowest BCUT2D eigenvalue weighted by Gasteiger charge is -2.24. The van der Waals surface area contributed by atoms with Crippen molar-refractivity contribution in [3.63, 3.8) is 0 Å². The average molecular weight is 417 g/mol. The Bertz CT molecular complexity index is 705. The molecule has 0 saturated heterocycles. The molecular weight excluding hydrogens is 376 g/mol. The van der Waals surface area contributed by atoms with Crippen LogP contribution in [-0.4, -0.2) is 12.8 Å². The average Bonchev–Trinajstić information content (AvgIpc) is 2.79. The molecule has 0 radical (unpaired) electrons. The number of esters is 1. The van der Waals surface area contributed by atoms with Crippen LogP contribution >= 0.6 is 0 Å². The lowest BCUT2D eigenvalue weighted by atomic mass is 9.83. The van der Waals surface area contributed by atoms with Crippen molar-refractivity contribution in [2.75, 3.05) is 6.79 Å². The van der Waals surface area contributed by atoms with Gasteiger partial charge in [0.2, 0.25) is 6.79 Å². The first kappa shape index (κ1) is 25.5. The highest BCUT2D eigenvalue weighted by Crippen LogP contribution is 2.29. The summed E-state index contributed by atoms with van der Waals surface area (Å²) in [6.45, 7) is 12.4. The maximum absolute atomic E-state index is 12.2. The predicted molar refractivity (Wildman–Crippen MR) is 125 cm³/mol. The third-order valence-corrected chi connectivity index (χ3v) is 4.86. The third-order valence-electron chi connectivity index (χ3n) is 4.86. The van der Waals surface area contributed by atoms with E-state index >= 15 is 0 Å². The zero-order chi connectivity index (χ0) is 22.4. The standard InChI is InChI=1S/C22H26O4.2C2H6.H2/c1-16-3-7-18(8-4-16)22(23)26-21-13-11-20(12-14-21)25-15-24-19-9-5-17(2)6-10-19;2*1-2;/h5-6,9-14,16,18H,3-4,7-8,15H2,1-2H3;2*1-2H3;1H. The van der Waals surface area contributed by atoms with Crippen molar-refractivity contribution in [2.45, 2.75) is 67.2 Å². The number of carbonyl (C=O) groups is 1. The summed E-state index contributed by atoms with van der Waals surface area (Å²) >= 11 is 0. The Labute approximate surface area is 184 Å². The first-order valence-corrected chi connectivity index (χ1v) is 11.2. The second kappa shape index (κ2) is 14.5. The van der Waals surface area contributed by atoms with Crippen molar-refractivity contribution in [1.82, 2.24) is 0 Å². The number of aryl methyl sites for hydroxylation is 1. The van der Waals surface area contributed by atoms with Crippen molar-refractivity contribution in [3.05, 3.63) is 54.1 Å². The van der Waals surface area contributed by atoms with Crippen molar-refractivity contribution in [3.8, 4) is 17.2 Å². The van der Waals surface area contributed by atoms with E-state index < -0.39 is 0 Å². The first-order valence-electron chi connectivity index (χ1n) is 11.2. The highest BCUT2D eigenvalue weighted by Gasteiger charge is 2.25. The molecule has 0 aromatic heterocycles. The van der Waals surface area contributed by atoms with Gasteiger partial charge in [0.25, 0.3) is 0 Å². The zero-order valence-electron chi connectivity index (χ0n) is 19.4. The lowest BCUT2D eigenvalue weighted by Crippen LogP contribution is -2.24. The van der Waals surface area contributed by atoms with Gasteiger partial charge in [-0.3, -0.25) is 4.79 Å². The number of hydrogen-bond donors (Lipinski definition) is 0. The van der Waals surface area contributed by atoms with E-state index in [9.17, 15) is 4.79 Å². The second-order valence-corrected chi connectivity index (χ2v) is 7.07. The Morgan fingerprint density at radius 1 is 0.800 bits per heavy atom. The molecule has 0 N–H and O–H groups in total. The van der Waals surface area contributed by atoms with E-state index in [1.54, 1.807) is 24.3 Å². The Morgan fingerprint density at radius 3 is 1.73 bits per heavy atom. The van der Waals surface area contributed by atoms with Crippen LogP contribution in [0.15, 0.2) is 48.5 Å². The van der Waals surface area contributed by atoms with Crippen LogP contribution < -0.4 is 14.2 Å². The van der Waals surface area contributed by atoms with E-state index in [1.807, 2.05) is 58.9 Å². The summed E-state index contributed by atoms with van der Waals surface area (Å²) in [6.07, 6.45) is 4.07. The molecule has 0 unspecified atom stereocenters. The van der Waals surface area contributed by atoms with Gasteiger partial charge >= 0.3 is 5.97 Å². The summed E-state index contributed by atoms with van der Waals surface area (Å²) in [7, 11) is 0. The second-order valence-electron chi connectivity index (χ2n) is 7.07. The first-order chi connectivity index (χ1) is 14.6. The number of rotatable bonds is 6. The maximum atomic E-state index is 12.2. The van der Waals surface area contributed by atoms with Gasteiger partial charge in [-0.25, -0.2) is 0 Å². The zero-order valence-corrected chi connectivity index (χ0v) is 19.4. The lowest BCUT2D eigenvalue weighted by molar-refractivity contribution is -0.140. The van der Waals surface area contributed by atoms with Crippen LogP contribution in [0.2, 0.25) is 0 Å². The predicted octanol–water partition coefficient (Wildman–Crippen LogP) is 7.44. The molecule has 1 saturated carbocycles. The Balaban J connectivity index is 0.00000170. The van der Waals surface area contributed by atoms with Gasteiger partial charge in [0, 0.05) is 1.43 Å². The molecule has 30 heavy (non-hydrogen) atoms. The maximum Gasteiger partial charge on any atom is 0.314 e. The van der Waals surface area contributed by atoms with Gasteiger partial charge in [-0.15, -0.1) is 0 Å². The van der Waals surface area contributed by atoms with Gasteiger partial charge in [0.05, 0.1) is 5.92 Å². The topological polar surface area (TPSA) is 44.8 Å². The number of benzene rings is 2. The summed E-state index contributed by atoms with van der Waals surface area (Å²) in [5, 5.41) is 0. The summed E-state index contributed by atoms with van der Waals surface area (Å²) in [5.74, 6) is 2.63. The fourth-order valence-corrected chi connectivity index (χ4v) is 3.10. The minimum atomic E-state index is -0.117. The molecule has 0 spiro atoms. The summed E-state index contributed by atoms with van der Waals surface area (Å²) in [5.41, 5.74) is 1.19. The fraction of sp³-hybridized carbons (Fsp3) is 0.500. The van der Waals surface area contributed by atoms with Crippen LogP contribution in [0.4, 0.5) is 0 Å².